The molecule has 13 heavy (non-hydrogen) atoms. The van der Waals surface area contributed by atoms with Crippen LogP contribution < -0.4 is 10.1 Å². The van der Waals surface area contributed by atoms with Crippen molar-refractivity contribution in [3.63, 3.8) is 0 Å². The monoisotopic (exact) mass is 292 g/mol. The molecule has 5 heteroatoms. The molecular formula is C8H9IN2O2-2. The SMILES string of the molecule is CN([O-])c1ccc(N(C)[O-])c(I)c1. The fourth-order valence-electron chi connectivity index (χ4n) is 0.947. The van der Waals surface area contributed by atoms with Crippen LogP contribution in [0.5, 0.6) is 0 Å². The van der Waals surface area contributed by atoms with Gasteiger partial charge in [0.2, 0.25) is 0 Å². The third-order valence-corrected chi connectivity index (χ3v) is 2.50. The molecule has 0 spiro atoms. The number of hydroxylamine groups is 2. The minimum Gasteiger partial charge on any atom is -0.758 e. The molecule has 1 aromatic rings. The Balaban J connectivity index is 3.06. The number of benzene rings is 1. The van der Waals surface area contributed by atoms with Crippen molar-refractivity contribution >= 4 is 34.0 Å². The van der Waals surface area contributed by atoms with Gasteiger partial charge < -0.3 is 20.5 Å². The zero-order valence-corrected chi connectivity index (χ0v) is 9.48. The molecule has 0 radical (unpaired) electrons. The van der Waals surface area contributed by atoms with Crippen molar-refractivity contribution in [3.8, 4) is 0 Å². The highest BCUT2D eigenvalue weighted by atomic mass is 127. The van der Waals surface area contributed by atoms with Crippen LogP contribution in [-0.4, -0.2) is 14.1 Å². The van der Waals surface area contributed by atoms with Crippen molar-refractivity contribution in [2.24, 2.45) is 0 Å². The number of anilines is 2. The van der Waals surface area contributed by atoms with Gasteiger partial charge in [-0.1, -0.05) is 0 Å². The number of halogens is 1. The van der Waals surface area contributed by atoms with Gasteiger partial charge in [-0.05, 0) is 54.9 Å². The Morgan fingerprint density at radius 1 is 1.15 bits per heavy atom. The van der Waals surface area contributed by atoms with Crippen LogP contribution in [0.15, 0.2) is 18.2 Å². The molecule has 1 aromatic carbocycles. The maximum absolute atomic E-state index is 11.0. The number of nitrogens with zero attached hydrogens (tertiary/aromatic N) is 2. The third kappa shape index (κ3) is 2.45. The first-order valence-electron chi connectivity index (χ1n) is 3.63. The molecule has 0 N–H and O–H groups in total. The average Bonchev–Trinajstić information content (AvgIpc) is 2.03. The zero-order chi connectivity index (χ0) is 10.0. The van der Waals surface area contributed by atoms with Crippen molar-refractivity contribution in [2.45, 2.75) is 0 Å². The van der Waals surface area contributed by atoms with Gasteiger partial charge >= 0.3 is 0 Å². The van der Waals surface area contributed by atoms with E-state index >= 15 is 0 Å². The highest BCUT2D eigenvalue weighted by Gasteiger charge is 1.99. The molecule has 0 aliphatic heterocycles. The van der Waals surface area contributed by atoms with Crippen LogP contribution in [0.3, 0.4) is 0 Å². The average molecular weight is 292 g/mol. The summed E-state index contributed by atoms with van der Waals surface area (Å²) in [6.07, 6.45) is 0. The summed E-state index contributed by atoms with van der Waals surface area (Å²) in [6, 6.07) is 4.94. The Morgan fingerprint density at radius 2 is 1.77 bits per heavy atom. The van der Waals surface area contributed by atoms with Crippen LogP contribution in [0.1, 0.15) is 0 Å². The normalized spacial score (nSPS) is 9.92. The van der Waals surface area contributed by atoms with Gasteiger partial charge in [-0.15, -0.1) is 0 Å². The molecule has 0 saturated carbocycles. The molecule has 72 valence electrons. The van der Waals surface area contributed by atoms with E-state index in [0.29, 0.717) is 11.4 Å². The summed E-state index contributed by atoms with van der Waals surface area (Å²) in [5.41, 5.74) is 1.13. The fourth-order valence-corrected chi connectivity index (χ4v) is 1.79. The standard InChI is InChI=1S/C8H9IN2O2/c1-10(12)6-3-4-8(11(2)13)7(9)5-6/h3-5H,1-2H3/q-2. The summed E-state index contributed by atoms with van der Waals surface area (Å²) < 4.78 is 0.773. The molecular weight excluding hydrogens is 283 g/mol. The second kappa shape index (κ2) is 4.12. The lowest BCUT2D eigenvalue weighted by molar-refractivity contribution is 1.18. The molecule has 0 bridgehead atoms. The summed E-state index contributed by atoms with van der Waals surface area (Å²) in [4.78, 5) is 0. The first-order valence-corrected chi connectivity index (χ1v) is 4.71. The van der Waals surface area contributed by atoms with Gasteiger partial charge in [-0.3, -0.25) is 0 Å². The topological polar surface area (TPSA) is 52.6 Å². The van der Waals surface area contributed by atoms with Crippen LogP contribution in [0, 0.1) is 14.0 Å². The van der Waals surface area contributed by atoms with Crippen molar-refractivity contribution < 1.29 is 0 Å². The lowest BCUT2D eigenvalue weighted by atomic mass is 10.3. The first kappa shape index (κ1) is 10.6. The Bertz CT molecular complexity index is 302. The van der Waals surface area contributed by atoms with Gasteiger partial charge in [0.05, 0.1) is 0 Å². The Morgan fingerprint density at radius 3 is 2.15 bits per heavy atom. The van der Waals surface area contributed by atoms with Gasteiger partial charge in [-0.25, -0.2) is 0 Å². The lowest BCUT2D eigenvalue weighted by Crippen LogP contribution is -2.10. The molecule has 4 nitrogen and oxygen atoms in total. The summed E-state index contributed by atoms with van der Waals surface area (Å²) in [6.45, 7) is 0. The number of hydrogen-bond acceptors (Lipinski definition) is 4. The van der Waals surface area contributed by atoms with E-state index < -0.39 is 0 Å². The minimum atomic E-state index is 0.551. The molecule has 0 atom stereocenters. The maximum atomic E-state index is 11.0. The van der Waals surface area contributed by atoms with E-state index in [2.05, 4.69) is 0 Å². The van der Waals surface area contributed by atoms with Crippen LogP contribution in [-0.2, 0) is 0 Å². The first-order chi connectivity index (χ1) is 6.02. The minimum absolute atomic E-state index is 0.551. The smallest absolute Gasteiger partial charge is 0.0394 e. The summed E-state index contributed by atoms with van der Waals surface area (Å²) >= 11 is 2.03. The fraction of sp³-hybridized carbons (Fsp3) is 0.250. The van der Waals surface area contributed by atoms with Crippen LogP contribution in [0.25, 0.3) is 0 Å². The molecule has 0 fully saturated rings. The third-order valence-electron chi connectivity index (χ3n) is 1.63. The molecule has 0 unspecified atom stereocenters. The van der Waals surface area contributed by atoms with E-state index in [0.717, 1.165) is 13.7 Å². The quantitative estimate of drug-likeness (QED) is 0.619. The predicted octanol–water partition coefficient (Wildman–Crippen LogP) is 2.16. The molecule has 1 rings (SSSR count). The Labute approximate surface area is 90.4 Å². The molecule has 0 aliphatic carbocycles. The summed E-state index contributed by atoms with van der Waals surface area (Å²) in [5, 5.41) is 23.4. The lowest BCUT2D eigenvalue weighted by Gasteiger charge is -2.29. The van der Waals surface area contributed by atoms with E-state index in [1.54, 1.807) is 18.2 Å². The number of hydrogen-bond donors (Lipinski definition) is 0. The second-order valence-corrected chi connectivity index (χ2v) is 3.79. The summed E-state index contributed by atoms with van der Waals surface area (Å²) in [7, 11) is 2.85. The van der Waals surface area contributed by atoms with Crippen molar-refractivity contribution in [1.82, 2.24) is 0 Å². The van der Waals surface area contributed by atoms with E-state index in [1.807, 2.05) is 22.6 Å². The van der Waals surface area contributed by atoms with E-state index in [1.165, 1.54) is 14.1 Å². The van der Waals surface area contributed by atoms with Crippen LogP contribution in [0.2, 0.25) is 0 Å². The Hall–Kier alpha value is -0.530. The maximum Gasteiger partial charge on any atom is 0.0394 e. The van der Waals surface area contributed by atoms with Crippen LogP contribution >= 0.6 is 22.6 Å². The molecule has 0 aliphatic rings. The van der Waals surface area contributed by atoms with Crippen molar-refractivity contribution in [2.75, 3.05) is 24.2 Å². The largest absolute Gasteiger partial charge is 0.758 e. The molecule has 0 aromatic heterocycles. The van der Waals surface area contributed by atoms with Gasteiger partial charge in [0.25, 0.3) is 0 Å². The van der Waals surface area contributed by atoms with Crippen LogP contribution in [0.4, 0.5) is 11.4 Å². The van der Waals surface area contributed by atoms with Gasteiger partial charge in [0.1, 0.15) is 0 Å². The van der Waals surface area contributed by atoms with Gasteiger partial charge in [0.15, 0.2) is 0 Å². The van der Waals surface area contributed by atoms with E-state index in [9.17, 15) is 10.4 Å². The van der Waals surface area contributed by atoms with Gasteiger partial charge in [0, 0.05) is 14.9 Å². The van der Waals surface area contributed by atoms with Crippen molar-refractivity contribution in [3.05, 3.63) is 32.2 Å². The van der Waals surface area contributed by atoms with Gasteiger partial charge in [-0.2, -0.15) is 0 Å². The molecule has 0 heterocycles. The number of rotatable bonds is 2. The second-order valence-electron chi connectivity index (χ2n) is 2.63. The van der Waals surface area contributed by atoms with E-state index in [4.69, 9.17) is 0 Å². The highest BCUT2D eigenvalue weighted by molar-refractivity contribution is 14.1. The Kier molecular flexibility index (Phi) is 3.34. The predicted molar refractivity (Wildman–Crippen MR) is 62.7 cm³/mol. The van der Waals surface area contributed by atoms with Crippen molar-refractivity contribution in [1.29, 1.82) is 0 Å². The summed E-state index contributed by atoms with van der Waals surface area (Å²) in [5.74, 6) is 0. The van der Waals surface area contributed by atoms with E-state index in [-0.39, 0.29) is 0 Å². The highest BCUT2D eigenvalue weighted by Crippen LogP contribution is 2.25. The molecule has 0 saturated heterocycles. The zero-order valence-electron chi connectivity index (χ0n) is 7.32. The molecule has 0 amide bonds.